The van der Waals surface area contributed by atoms with Gasteiger partial charge in [0.1, 0.15) is 12.4 Å². The average Bonchev–Trinajstić information content (AvgIpc) is 2.60. The molecule has 2 aromatic carbocycles. The molecule has 0 aliphatic heterocycles. The molecule has 0 aromatic heterocycles. The van der Waals surface area contributed by atoms with Crippen molar-refractivity contribution in [1.29, 1.82) is 0 Å². The van der Waals surface area contributed by atoms with Crippen LogP contribution in [-0.4, -0.2) is 4.99 Å². The summed E-state index contributed by atoms with van der Waals surface area (Å²) in [6.45, 7) is 5.89. The van der Waals surface area contributed by atoms with Crippen LogP contribution in [0, 0.1) is 6.92 Å². The van der Waals surface area contributed by atoms with Crippen molar-refractivity contribution in [2.75, 3.05) is 5.32 Å². The topological polar surface area (TPSA) is 21.3 Å². The highest BCUT2D eigenvalue weighted by Crippen LogP contribution is 2.32. The summed E-state index contributed by atoms with van der Waals surface area (Å²) in [5.41, 5.74) is 2.38. The number of anilines is 1. The molecule has 1 N–H and O–H groups in total. The van der Waals surface area contributed by atoms with Gasteiger partial charge in [0.15, 0.2) is 0 Å². The number of halogens is 3. The smallest absolute Gasteiger partial charge is 0.416 e. The molecule has 0 unspecified atom stereocenters. The van der Waals surface area contributed by atoms with Gasteiger partial charge in [-0.1, -0.05) is 38.2 Å². The number of hydrogen-bond donors (Lipinski definition) is 1. The van der Waals surface area contributed by atoms with Gasteiger partial charge in [-0.3, -0.25) is 0 Å². The maximum Gasteiger partial charge on any atom is 0.416 e. The predicted molar refractivity (Wildman–Crippen MR) is 103 cm³/mol. The van der Waals surface area contributed by atoms with Crippen LogP contribution in [-0.2, 0) is 19.2 Å². The van der Waals surface area contributed by atoms with Crippen LogP contribution in [0.15, 0.2) is 36.4 Å². The van der Waals surface area contributed by atoms with Crippen LogP contribution < -0.4 is 10.1 Å². The highest BCUT2D eigenvalue weighted by atomic mass is 32.1. The molecule has 0 aliphatic carbocycles. The second kappa shape index (κ2) is 8.54. The number of thiocarbonyl (C=S) groups is 1. The molecule has 0 heterocycles. The highest BCUT2D eigenvalue weighted by Gasteiger charge is 2.31. The Bertz CT molecular complexity index is 787. The first-order valence-corrected chi connectivity index (χ1v) is 8.87. The normalized spacial score (nSPS) is 11.3. The Kier molecular flexibility index (Phi) is 6.64. The van der Waals surface area contributed by atoms with Crippen molar-refractivity contribution in [2.24, 2.45) is 0 Å². The van der Waals surface area contributed by atoms with Crippen LogP contribution in [0.5, 0.6) is 5.75 Å². The van der Waals surface area contributed by atoms with Gasteiger partial charge in [0.25, 0.3) is 0 Å². The van der Waals surface area contributed by atoms with Gasteiger partial charge in [0.2, 0.25) is 0 Å². The van der Waals surface area contributed by atoms with Crippen LogP contribution in [0.3, 0.4) is 0 Å². The van der Waals surface area contributed by atoms with Gasteiger partial charge in [-0.25, -0.2) is 0 Å². The summed E-state index contributed by atoms with van der Waals surface area (Å²) in [6.07, 6.45) is -2.89. The van der Waals surface area contributed by atoms with Gasteiger partial charge in [0.05, 0.1) is 10.6 Å². The summed E-state index contributed by atoms with van der Waals surface area (Å²) in [5.74, 6) is 0.656. The van der Waals surface area contributed by atoms with Crippen molar-refractivity contribution < 1.29 is 17.9 Å². The molecule has 140 valence electrons. The molecular weight excluding hydrogens is 359 g/mol. The fourth-order valence-electron chi connectivity index (χ4n) is 2.50. The van der Waals surface area contributed by atoms with Crippen molar-refractivity contribution in [3.8, 4) is 5.75 Å². The molecule has 0 aliphatic rings. The first-order valence-electron chi connectivity index (χ1n) is 8.46. The molecule has 0 atom stereocenters. The molecule has 0 spiro atoms. The van der Waals surface area contributed by atoms with E-state index < -0.39 is 11.7 Å². The van der Waals surface area contributed by atoms with Gasteiger partial charge in [-0.2, -0.15) is 13.2 Å². The number of hydrogen-bond acceptors (Lipinski definition) is 2. The Hall–Kier alpha value is -2.08. The number of alkyl halides is 3. The molecule has 26 heavy (non-hydrogen) atoms. The minimum atomic E-state index is -4.41. The number of ether oxygens (including phenoxy) is 1. The molecule has 0 radical (unpaired) electrons. The second-order valence-corrected chi connectivity index (χ2v) is 6.51. The van der Waals surface area contributed by atoms with E-state index in [1.165, 1.54) is 11.6 Å². The first-order chi connectivity index (χ1) is 12.2. The molecule has 0 amide bonds. The van der Waals surface area contributed by atoms with Gasteiger partial charge >= 0.3 is 6.18 Å². The van der Waals surface area contributed by atoms with E-state index in [0.717, 1.165) is 24.1 Å². The maximum absolute atomic E-state index is 13.1. The van der Waals surface area contributed by atoms with E-state index in [0.29, 0.717) is 28.4 Å². The second-order valence-electron chi connectivity index (χ2n) is 6.01. The summed E-state index contributed by atoms with van der Waals surface area (Å²) < 4.78 is 45.0. The van der Waals surface area contributed by atoms with E-state index in [-0.39, 0.29) is 6.61 Å². The van der Waals surface area contributed by atoms with E-state index in [1.807, 2.05) is 32.0 Å². The Balaban J connectivity index is 2.28. The summed E-state index contributed by atoms with van der Waals surface area (Å²) >= 11 is 5.16. The monoisotopic (exact) mass is 381 g/mol. The molecular formula is C20H22F3NOS. The quantitative estimate of drug-likeness (QED) is 0.593. The lowest BCUT2D eigenvalue weighted by Gasteiger charge is -2.17. The van der Waals surface area contributed by atoms with Gasteiger partial charge in [0, 0.05) is 11.3 Å². The SMILES string of the molecule is CCC(=S)Nc1ccc(C(F)(F)F)cc1COc1ccc(CC)cc1C. The minimum Gasteiger partial charge on any atom is -0.489 e. The Morgan fingerprint density at radius 1 is 1.12 bits per heavy atom. The molecule has 2 aromatic rings. The molecule has 0 fully saturated rings. The highest BCUT2D eigenvalue weighted by molar-refractivity contribution is 7.80. The molecule has 0 saturated carbocycles. The van der Waals surface area contributed by atoms with Crippen LogP contribution in [0.1, 0.15) is 42.5 Å². The zero-order chi connectivity index (χ0) is 19.3. The number of rotatable bonds is 6. The fourth-order valence-corrected chi connectivity index (χ4v) is 2.61. The summed E-state index contributed by atoms with van der Waals surface area (Å²) in [5, 5.41) is 2.99. The first kappa shape index (κ1) is 20.2. The Morgan fingerprint density at radius 3 is 2.42 bits per heavy atom. The van der Waals surface area contributed by atoms with Crippen molar-refractivity contribution in [3.05, 3.63) is 58.7 Å². The predicted octanol–water partition coefficient (Wildman–Crippen LogP) is 6.30. The summed E-state index contributed by atoms with van der Waals surface area (Å²) in [6, 6.07) is 9.39. The van der Waals surface area contributed by atoms with Crippen LogP contribution >= 0.6 is 12.2 Å². The number of nitrogens with one attached hydrogen (secondary N) is 1. The van der Waals surface area contributed by atoms with E-state index in [2.05, 4.69) is 12.2 Å². The third kappa shape index (κ3) is 5.21. The molecule has 2 rings (SSSR count). The van der Waals surface area contributed by atoms with Gasteiger partial charge < -0.3 is 10.1 Å². The average molecular weight is 381 g/mol. The number of aryl methyl sites for hydroxylation is 2. The van der Waals surface area contributed by atoms with Crippen LogP contribution in [0.25, 0.3) is 0 Å². The lowest BCUT2D eigenvalue weighted by Crippen LogP contribution is -2.13. The lowest BCUT2D eigenvalue weighted by molar-refractivity contribution is -0.137. The zero-order valence-corrected chi connectivity index (χ0v) is 15.9. The molecule has 2 nitrogen and oxygen atoms in total. The minimum absolute atomic E-state index is 0.0187. The zero-order valence-electron chi connectivity index (χ0n) is 15.0. The largest absolute Gasteiger partial charge is 0.489 e. The Morgan fingerprint density at radius 2 is 1.85 bits per heavy atom. The third-order valence-electron chi connectivity index (χ3n) is 4.06. The van der Waals surface area contributed by atoms with Crippen molar-refractivity contribution in [2.45, 2.75) is 46.4 Å². The standard InChI is InChI=1S/C20H22F3NOS/c1-4-14-6-9-18(13(3)10-14)25-12-15-11-16(20(21,22)23)7-8-17(15)24-19(26)5-2/h6-11H,4-5,12H2,1-3H3,(H,24,26). The van der Waals surface area contributed by atoms with Crippen LogP contribution in [0.2, 0.25) is 0 Å². The fraction of sp³-hybridized carbons (Fsp3) is 0.350. The number of benzene rings is 2. The van der Waals surface area contributed by atoms with Crippen molar-refractivity contribution >= 4 is 22.9 Å². The Labute approximate surface area is 157 Å². The molecule has 0 bridgehead atoms. The summed E-state index contributed by atoms with van der Waals surface area (Å²) in [7, 11) is 0. The van der Waals surface area contributed by atoms with Crippen molar-refractivity contribution in [1.82, 2.24) is 0 Å². The van der Waals surface area contributed by atoms with Gasteiger partial charge in [-0.15, -0.1) is 0 Å². The third-order valence-corrected chi connectivity index (χ3v) is 4.45. The van der Waals surface area contributed by atoms with E-state index in [4.69, 9.17) is 17.0 Å². The van der Waals surface area contributed by atoms with E-state index >= 15 is 0 Å². The van der Waals surface area contributed by atoms with Gasteiger partial charge in [-0.05, 0) is 55.2 Å². The molecule has 6 heteroatoms. The van der Waals surface area contributed by atoms with Crippen molar-refractivity contribution in [3.63, 3.8) is 0 Å². The maximum atomic E-state index is 13.1. The van der Waals surface area contributed by atoms with E-state index in [1.54, 1.807) is 0 Å². The van der Waals surface area contributed by atoms with Crippen LogP contribution in [0.4, 0.5) is 18.9 Å². The summed E-state index contributed by atoms with van der Waals surface area (Å²) in [4.78, 5) is 0.564. The lowest BCUT2D eigenvalue weighted by atomic mass is 10.1. The van der Waals surface area contributed by atoms with E-state index in [9.17, 15) is 13.2 Å². The molecule has 0 saturated heterocycles.